The molecule has 1 fully saturated rings. The zero-order valence-electron chi connectivity index (χ0n) is 20.4. The lowest BCUT2D eigenvalue weighted by Gasteiger charge is -2.32. The third kappa shape index (κ3) is 4.93. The summed E-state index contributed by atoms with van der Waals surface area (Å²) in [6, 6.07) is 13.9. The Morgan fingerprint density at radius 2 is 2.03 bits per heavy atom. The highest BCUT2D eigenvalue weighted by Crippen LogP contribution is 2.27. The zero-order valence-corrected chi connectivity index (χ0v) is 20.4. The molecule has 0 saturated carbocycles. The number of carbonyl (C=O) groups is 1. The van der Waals surface area contributed by atoms with Crippen LogP contribution in [-0.4, -0.2) is 51.8 Å². The first kappa shape index (κ1) is 23.1. The van der Waals surface area contributed by atoms with Crippen LogP contribution in [0.1, 0.15) is 48.7 Å². The van der Waals surface area contributed by atoms with Gasteiger partial charge in [0.2, 0.25) is 0 Å². The average Bonchev–Trinajstić information content (AvgIpc) is 3.55. The Balaban J connectivity index is 1.30. The monoisotopic (exact) mass is 473 g/mol. The number of piperidine rings is 1. The Bertz CT molecular complexity index is 1300. The number of fused-ring (bicyclic) bond motifs is 1. The van der Waals surface area contributed by atoms with Gasteiger partial charge in [0, 0.05) is 31.7 Å². The predicted molar refractivity (Wildman–Crippen MR) is 134 cm³/mol. The summed E-state index contributed by atoms with van der Waals surface area (Å²) in [7, 11) is 1.69. The fourth-order valence-electron chi connectivity index (χ4n) is 4.66. The molecule has 0 unspecified atom stereocenters. The molecule has 4 heterocycles. The van der Waals surface area contributed by atoms with Gasteiger partial charge in [0.05, 0.1) is 30.5 Å². The van der Waals surface area contributed by atoms with E-state index in [0.29, 0.717) is 22.7 Å². The molecule has 1 amide bonds. The molecule has 35 heavy (non-hydrogen) atoms. The van der Waals surface area contributed by atoms with E-state index in [9.17, 15) is 4.79 Å². The highest BCUT2D eigenvalue weighted by Gasteiger charge is 2.24. The zero-order chi connectivity index (χ0) is 24.4. The van der Waals surface area contributed by atoms with Crippen LogP contribution in [0.2, 0.25) is 0 Å². The maximum absolute atomic E-state index is 13.4. The van der Waals surface area contributed by atoms with E-state index in [1.165, 1.54) is 5.56 Å². The van der Waals surface area contributed by atoms with E-state index in [-0.39, 0.29) is 18.0 Å². The van der Waals surface area contributed by atoms with Crippen LogP contribution < -0.4 is 10.1 Å². The maximum atomic E-state index is 13.4. The number of nitrogens with one attached hydrogen (secondary N) is 1. The van der Waals surface area contributed by atoms with Gasteiger partial charge in [-0.05, 0) is 62.6 Å². The van der Waals surface area contributed by atoms with Crippen molar-refractivity contribution >= 4 is 16.9 Å². The lowest BCUT2D eigenvalue weighted by molar-refractivity contribution is 0.0910. The number of hydrogen-bond acceptors (Lipinski definition) is 6. The van der Waals surface area contributed by atoms with Crippen LogP contribution in [0.4, 0.5) is 0 Å². The molecule has 1 aliphatic heterocycles. The molecule has 0 radical (unpaired) electrons. The van der Waals surface area contributed by atoms with Crippen molar-refractivity contribution in [2.45, 2.75) is 45.3 Å². The number of carbonyl (C=O) groups excluding carboxylic acids is 1. The van der Waals surface area contributed by atoms with E-state index in [1.807, 2.05) is 42.8 Å². The Morgan fingerprint density at radius 1 is 1.20 bits per heavy atom. The van der Waals surface area contributed by atoms with Gasteiger partial charge < -0.3 is 14.5 Å². The minimum absolute atomic E-state index is 0.0974. The Labute approximate surface area is 204 Å². The largest absolute Gasteiger partial charge is 0.497 e. The Kier molecular flexibility index (Phi) is 6.55. The summed E-state index contributed by atoms with van der Waals surface area (Å²) >= 11 is 0. The van der Waals surface area contributed by atoms with Gasteiger partial charge in [-0.25, -0.2) is 9.67 Å². The smallest absolute Gasteiger partial charge is 0.252 e. The first-order chi connectivity index (χ1) is 17.0. The van der Waals surface area contributed by atoms with E-state index in [4.69, 9.17) is 14.1 Å². The van der Waals surface area contributed by atoms with Gasteiger partial charge in [-0.3, -0.25) is 9.69 Å². The number of furan rings is 1. The second-order valence-electron chi connectivity index (χ2n) is 9.33. The first-order valence-corrected chi connectivity index (χ1v) is 12.1. The number of amides is 1. The molecule has 1 aliphatic rings. The van der Waals surface area contributed by atoms with Crippen molar-refractivity contribution in [3.8, 4) is 17.2 Å². The molecular weight excluding hydrogens is 442 g/mol. The molecule has 0 bridgehead atoms. The summed E-state index contributed by atoms with van der Waals surface area (Å²) in [4.78, 5) is 20.6. The minimum Gasteiger partial charge on any atom is -0.497 e. The first-order valence-electron chi connectivity index (χ1n) is 12.1. The van der Waals surface area contributed by atoms with Gasteiger partial charge in [-0.15, -0.1) is 0 Å². The standard InChI is InChI=1S/C27H31N5O3/c1-18(2)32-26-23(16-28-32)22(15-24(30-26)25-8-5-13-35-25)27(33)29-20-9-11-31(12-10-20)17-19-6-4-7-21(14-19)34-3/h4-8,13-16,18,20H,9-12,17H2,1-3H3,(H,29,33). The molecule has 182 valence electrons. The molecule has 1 saturated heterocycles. The van der Waals surface area contributed by atoms with E-state index >= 15 is 0 Å². The van der Waals surface area contributed by atoms with Gasteiger partial charge in [-0.2, -0.15) is 5.10 Å². The van der Waals surface area contributed by atoms with Gasteiger partial charge in [0.15, 0.2) is 11.4 Å². The number of aromatic nitrogens is 3. The molecule has 8 heteroatoms. The van der Waals surface area contributed by atoms with Crippen LogP contribution in [0, 0.1) is 0 Å². The highest BCUT2D eigenvalue weighted by molar-refractivity contribution is 6.06. The Morgan fingerprint density at radius 3 is 2.74 bits per heavy atom. The molecule has 0 aliphatic carbocycles. The summed E-state index contributed by atoms with van der Waals surface area (Å²) in [6.07, 6.45) is 5.15. The second-order valence-corrected chi connectivity index (χ2v) is 9.33. The molecule has 4 aromatic rings. The lowest BCUT2D eigenvalue weighted by atomic mass is 10.0. The summed E-state index contributed by atoms with van der Waals surface area (Å²) in [5, 5.41) is 8.51. The summed E-state index contributed by atoms with van der Waals surface area (Å²) < 4.78 is 12.8. The van der Waals surface area contributed by atoms with Gasteiger partial charge >= 0.3 is 0 Å². The van der Waals surface area contributed by atoms with Gasteiger partial charge in [-0.1, -0.05) is 12.1 Å². The van der Waals surface area contributed by atoms with Crippen molar-refractivity contribution in [1.82, 2.24) is 25.0 Å². The lowest BCUT2D eigenvalue weighted by Crippen LogP contribution is -2.44. The number of methoxy groups -OCH3 is 1. The van der Waals surface area contributed by atoms with Crippen LogP contribution in [0.25, 0.3) is 22.5 Å². The molecule has 1 N–H and O–H groups in total. The van der Waals surface area contributed by atoms with Crippen molar-refractivity contribution in [2.75, 3.05) is 20.2 Å². The predicted octanol–water partition coefficient (Wildman–Crippen LogP) is 4.68. The van der Waals surface area contributed by atoms with E-state index < -0.39 is 0 Å². The van der Waals surface area contributed by atoms with Crippen molar-refractivity contribution in [2.24, 2.45) is 0 Å². The number of hydrogen-bond donors (Lipinski definition) is 1. The summed E-state index contributed by atoms with van der Waals surface area (Å²) in [6.45, 7) is 6.83. The second kappa shape index (κ2) is 9.92. The molecule has 1 aromatic carbocycles. The van der Waals surface area contributed by atoms with Crippen LogP contribution >= 0.6 is 0 Å². The molecule has 5 rings (SSSR count). The number of nitrogens with zero attached hydrogens (tertiary/aromatic N) is 4. The van der Waals surface area contributed by atoms with Gasteiger partial charge in [0.1, 0.15) is 11.4 Å². The normalized spacial score (nSPS) is 15.1. The quantitative estimate of drug-likeness (QED) is 0.420. The van der Waals surface area contributed by atoms with Crippen LogP contribution in [-0.2, 0) is 6.54 Å². The topological polar surface area (TPSA) is 85.4 Å². The van der Waals surface area contributed by atoms with Crippen molar-refractivity contribution < 1.29 is 13.9 Å². The van der Waals surface area contributed by atoms with Crippen molar-refractivity contribution in [3.63, 3.8) is 0 Å². The third-order valence-corrected chi connectivity index (χ3v) is 6.54. The third-order valence-electron chi connectivity index (χ3n) is 6.54. The van der Waals surface area contributed by atoms with Crippen molar-refractivity contribution in [3.05, 3.63) is 66.1 Å². The molecule has 8 nitrogen and oxygen atoms in total. The Hall–Kier alpha value is -3.65. The highest BCUT2D eigenvalue weighted by atomic mass is 16.5. The minimum atomic E-state index is -0.0974. The molecule has 0 atom stereocenters. The number of rotatable bonds is 7. The maximum Gasteiger partial charge on any atom is 0.252 e. The van der Waals surface area contributed by atoms with Gasteiger partial charge in [0.25, 0.3) is 5.91 Å². The average molecular weight is 474 g/mol. The molecule has 3 aromatic heterocycles. The summed E-state index contributed by atoms with van der Waals surface area (Å²) in [5.74, 6) is 1.41. The number of benzene rings is 1. The summed E-state index contributed by atoms with van der Waals surface area (Å²) in [5.41, 5.74) is 3.13. The molecular formula is C27H31N5O3. The number of likely N-dealkylation sites (tertiary alicyclic amines) is 1. The number of pyridine rings is 1. The van der Waals surface area contributed by atoms with E-state index in [2.05, 4.69) is 27.4 Å². The van der Waals surface area contributed by atoms with E-state index in [1.54, 1.807) is 25.6 Å². The molecule has 0 spiro atoms. The van der Waals surface area contributed by atoms with E-state index in [0.717, 1.165) is 43.6 Å². The van der Waals surface area contributed by atoms with Crippen LogP contribution in [0.15, 0.2) is 59.3 Å². The fourth-order valence-corrected chi connectivity index (χ4v) is 4.66. The van der Waals surface area contributed by atoms with Crippen LogP contribution in [0.5, 0.6) is 5.75 Å². The fraction of sp³-hybridized carbons (Fsp3) is 0.370. The van der Waals surface area contributed by atoms with Crippen molar-refractivity contribution in [1.29, 1.82) is 0 Å². The number of ether oxygens (including phenoxy) is 1. The SMILES string of the molecule is COc1cccc(CN2CCC(NC(=O)c3cc(-c4ccco4)nc4c3cnn4C(C)C)CC2)c1. The van der Waals surface area contributed by atoms with Crippen LogP contribution in [0.3, 0.4) is 0 Å².